The molecule has 0 fully saturated rings. The van der Waals surface area contributed by atoms with Gasteiger partial charge in [0, 0.05) is 43.4 Å². The maximum Gasteiger partial charge on any atom is 0.272 e. The molecule has 0 aromatic carbocycles. The zero-order chi connectivity index (χ0) is 19.1. The number of halogens is 1. The minimum Gasteiger partial charge on any atom is -0.353 e. The lowest BCUT2D eigenvalue weighted by Gasteiger charge is -1.92. The quantitative estimate of drug-likeness (QED) is 0.431. The summed E-state index contributed by atoms with van der Waals surface area (Å²) < 4.78 is 3.70. The van der Waals surface area contributed by atoms with Crippen molar-refractivity contribution >= 4 is 22.6 Å². The van der Waals surface area contributed by atoms with Crippen molar-refractivity contribution in [2.45, 2.75) is 0 Å². The standard InChI is InChI=1S/C7H5ClN2.C7H6N2O.C5H4N2/c8-7-6-2-1-4-10(6)5-3-9-7;10-7-6-2-1-4-9(6)5-3-8-7;6-4-5-2-1-3-7-5/h1-5H;1-5H,(H,8,10);1-3,7H. The molecule has 0 saturated carbocycles. The first-order valence-corrected chi connectivity index (χ1v) is 8.32. The maximum atomic E-state index is 11.0. The van der Waals surface area contributed by atoms with Crippen LogP contribution in [0.4, 0.5) is 0 Å². The van der Waals surface area contributed by atoms with E-state index in [1.165, 1.54) is 0 Å². The Hall–Kier alpha value is -3.76. The molecule has 0 aliphatic carbocycles. The van der Waals surface area contributed by atoms with E-state index in [4.69, 9.17) is 16.9 Å². The first kappa shape index (κ1) is 18.0. The Morgan fingerprint density at radius 3 is 2.26 bits per heavy atom. The van der Waals surface area contributed by atoms with Crippen LogP contribution in [0, 0.1) is 11.3 Å². The third kappa shape index (κ3) is 4.45. The average Bonchev–Trinajstić information content (AvgIpc) is 3.44. The Bertz CT molecular complexity index is 1230. The minimum absolute atomic E-state index is 0.0486. The number of aromatic nitrogens is 5. The van der Waals surface area contributed by atoms with Crippen LogP contribution in [0.5, 0.6) is 0 Å². The topological polar surface area (TPSA) is 94.2 Å². The lowest BCUT2D eigenvalue weighted by molar-refractivity contribution is 1.11. The molecule has 8 heteroatoms. The number of nitriles is 1. The fourth-order valence-electron chi connectivity index (χ4n) is 2.32. The molecule has 0 aliphatic heterocycles. The summed E-state index contributed by atoms with van der Waals surface area (Å²) in [5, 5.41) is 8.69. The molecular weight excluding hydrogens is 364 g/mol. The zero-order valence-corrected chi connectivity index (χ0v) is 14.8. The van der Waals surface area contributed by atoms with Gasteiger partial charge in [-0.3, -0.25) is 4.79 Å². The second kappa shape index (κ2) is 8.56. The first-order valence-electron chi connectivity index (χ1n) is 7.94. The predicted molar refractivity (Wildman–Crippen MR) is 104 cm³/mol. The highest BCUT2D eigenvalue weighted by Gasteiger charge is 1.95. The van der Waals surface area contributed by atoms with E-state index in [0.29, 0.717) is 16.4 Å². The van der Waals surface area contributed by atoms with E-state index in [1.807, 2.05) is 47.3 Å². The molecule has 27 heavy (non-hydrogen) atoms. The highest BCUT2D eigenvalue weighted by Crippen LogP contribution is 2.12. The van der Waals surface area contributed by atoms with Gasteiger partial charge in [0.15, 0.2) is 5.15 Å². The molecule has 0 saturated heterocycles. The molecule has 0 spiro atoms. The third-order valence-corrected chi connectivity index (χ3v) is 3.88. The number of nitrogens with one attached hydrogen (secondary N) is 2. The van der Waals surface area contributed by atoms with E-state index in [2.05, 4.69) is 15.0 Å². The van der Waals surface area contributed by atoms with Crippen LogP contribution in [0.1, 0.15) is 5.69 Å². The van der Waals surface area contributed by atoms with Gasteiger partial charge >= 0.3 is 0 Å². The Morgan fingerprint density at radius 2 is 1.67 bits per heavy atom. The first-order chi connectivity index (χ1) is 13.2. The minimum atomic E-state index is -0.0486. The molecule has 0 aliphatic rings. The van der Waals surface area contributed by atoms with Crippen molar-refractivity contribution in [1.82, 2.24) is 23.8 Å². The van der Waals surface area contributed by atoms with Crippen molar-refractivity contribution in [3.8, 4) is 6.07 Å². The molecule has 7 nitrogen and oxygen atoms in total. The van der Waals surface area contributed by atoms with E-state index in [1.54, 1.807) is 47.4 Å². The summed E-state index contributed by atoms with van der Waals surface area (Å²) in [5.74, 6) is 0. The Morgan fingerprint density at radius 1 is 0.926 bits per heavy atom. The number of hydrogen-bond acceptors (Lipinski definition) is 3. The van der Waals surface area contributed by atoms with Gasteiger partial charge in [-0.25, -0.2) is 4.98 Å². The van der Waals surface area contributed by atoms with Crippen molar-refractivity contribution in [1.29, 1.82) is 5.26 Å². The van der Waals surface area contributed by atoms with Crippen molar-refractivity contribution in [2.24, 2.45) is 0 Å². The molecule has 5 aromatic rings. The van der Waals surface area contributed by atoms with Gasteiger partial charge < -0.3 is 18.8 Å². The summed E-state index contributed by atoms with van der Waals surface area (Å²) in [4.78, 5) is 20.2. The molecule has 5 rings (SSSR count). The summed E-state index contributed by atoms with van der Waals surface area (Å²) >= 11 is 5.77. The third-order valence-electron chi connectivity index (χ3n) is 3.58. The largest absolute Gasteiger partial charge is 0.353 e. The van der Waals surface area contributed by atoms with Gasteiger partial charge in [0.25, 0.3) is 5.56 Å². The molecule has 0 amide bonds. The summed E-state index contributed by atoms with van der Waals surface area (Å²) in [6, 6.07) is 12.9. The van der Waals surface area contributed by atoms with E-state index in [9.17, 15) is 4.79 Å². The second-order valence-corrected chi connectivity index (χ2v) is 5.66. The van der Waals surface area contributed by atoms with Gasteiger partial charge in [0.1, 0.15) is 17.3 Å². The number of aromatic amines is 2. The predicted octanol–water partition coefficient (Wildman–Crippen LogP) is 3.50. The van der Waals surface area contributed by atoms with Crippen molar-refractivity contribution in [3.63, 3.8) is 0 Å². The molecule has 0 unspecified atom stereocenters. The Kier molecular flexibility index (Phi) is 5.72. The fraction of sp³-hybridized carbons (Fsp3) is 0. The normalized spacial score (nSPS) is 9.78. The molecule has 5 heterocycles. The lowest BCUT2D eigenvalue weighted by atomic mass is 10.5. The molecule has 134 valence electrons. The molecule has 2 N–H and O–H groups in total. The van der Waals surface area contributed by atoms with Crippen molar-refractivity contribution in [3.05, 3.63) is 101 Å². The van der Waals surface area contributed by atoms with Crippen molar-refractivity contribution in [2.75, 3.05) is 0 Å². The van der Waals surface area contributed by atoms with E-state index in [-0.39, 0.29) is 5.56 Å². The van der Waals surface area contributed by atoms with Crippen LogP contribution in [0.3, 0.4) is 0 Å². The number of rotatable bonds is 0. The zero-order valence-electron chi connectivity index (χ0n) is 14.1. The smallest absolute Gasteiger partial charge is 0.272 e. The van der Waals surface area contributed by atoms with Crippen LogP contribution in [0.25, 0.3) is 11.0 Å². The Balaban J connectivity index is 0.000000119. The molecule has 0 atom stereocenters. The monoisotopic (exact) mass is 378 g/mol. The van der Waals surface area contributed by atoms with Crippen LogP contribution in [-0.4, -0.2) is 23.8 Å². The van der Waals surface area contributed by atoms with Gasteiger partial charge in [-0.15, -0.1) is 0 Å². The van der Waals surface area contributed by atoms with Gasteiger partial charge in [0.2, 0.25) is 0 Å². The Labute approximate surface area is 159 Å². The number of nitrogens with zero attached hydrogens (tertiary/aromatic N) is 4. The second-order valence-electron chi connectivity index (χ2n) is 5.30. The molecule has 0 bridgehead atoms. The van der Waals surface area contributed by atoms with Gasteiger partial charge in [0.05, 0.1) is 5.52 Å². The van der Waals surface area contributed by atoms with Gasteiger partial charge in [-0.1, -0.05) is 11.6 Å². The van der Waals surface area contributed by atoms with Crippen LogP contribution in [0.15, 0.2) is 84.6 Å². The van der Waals surface area contributed by atoms with Gasteiger partial charge in [-0.05, 0) is 36.4 Å². The summed E-state index contributed by atoms with van der Waals surface area (Å²) in [7, 11) is 0. The molecule has 5 aromatic heterocycles. The lowest BCUT2D eigenvalue weighted by Crippen LogP contribution is -2.06. The average molecular weight is 379 g/mol. The molecule has 0 radical (unpaired) electrons. The van der Waals surface area contributed by atoms with Gasteiger partial charge in [-0.2, -0.15) is 5.26 Å². The van der Waals surface area contributed by atoms with Crippen LogP contribution >= 0.6 is 11.6 Å². The summed E-state index contributed by atoms with van der Waals surface area (Å²) in [6.07, 6.45) is 12.5. The highest BCUT2D eigenvalue weighted by atomic mass is 35.5. The summed E-state index contributed by atoms with van der Waals surface area (Å²) in [6.45, 7) is 0. The highest BCUT2D eigenvalue weighted by molar-refractivity contribution is 6.32. The maximum absolute atomic E-state index is 11.0. The fourth-order valence-corrected chi connectivity index (χ4v) is 2.54. The summed E-state index contributed by atoms with van der Waals surface area (Å²) in [5.41, 5.74) is 2.19. The van der Waals surface area contributed by atoms with Crippen LogP contribution < -0.4 is 5.56 Å². The van der Waals surface area contributed by atoms with Crippen molar-refractivity contribution < 1.29 is 0 Å². The van der Waals surface area contributed by atoms with E-state index in [0.717, 1.165) is 5.52 Å². The van der Waals surface area contributed by atoms with Crippen LogP contribution in [-0.2, 0) is 0 Å². The van der Waals surface area contributed by atoms with E-state index < -0.39 is 0 Å². The number of H-pyrrole nitrogens is 2. The number of hydrogen-bond donors (Lipinski definition) is 2. The van der Waals surface area contributed by atoms with E-state index >= 15 is 0 Å². The van der Waals surface area contributed by atoms with Crippen LogP contribution in [0.2, 0.25) is 5.15 Å². The SMILES string of the molecule is Clc1nccn2cccc12.N#Cc1ccc[nH]1.O=c1[nH]ccn2cccc12. The number of fused-ring (bicyclic) bond motifs is 2. The molecular formula is C19H15ClN6O.